The highest BCUT2D eigenvalue weighted by Gasteiger charge is 2.10. The van der Waals surface area contributed by atoms with Gasteiger partial charge < -0.3 is 9.30 Å². The number of rotatable bonds is 6. The fourth-order valence-electron chi connectivity index (χ4n) is 2.85. The van der Waals surface area contributed by atoms with Gasteiger partial charge >= 0.3 is 0 Å². The SMILES string of the molecule is Cc1cc(/C=N/NC(=O)COc2ccc(Br)cc2Br)c(C)n1-c1ccc(Br)cc1. The lowest BCUT2D eigenvalue weighted by Gasteiger charge is -2.09. The number of nitrogens with one attached hydrogen (secondary N) is 1. The fourth-order valence-corrected chi connectivity index (χ4v) is 4.27. The van der Waals surface area contributed by atoms with E-state index >= 15 is 0 Å². The van der Waals surface area contributed by atoms with Crippen LogP contribution < -0.4 is 10.2 Å². The first-order valence-corrected chi connectivity index (χ1v) is 11.1. The summed E-state index contributed by atoms with van der Waals surface area (Å²) in [6, 6.07) is 15.6. The topological polar surface area (TPSA) is 55.6 Å². The Morgan fingerprint density at radius 3 is 2.45 bits per heavy atom. The number of halogens is 3. The molecule has 1 amide bonds. The molecule has 0 unspecified atom stereocenters. The Labute approximate surface area is 194 Å². The Hall–Kier alpha value is -1.90. The molecule has 0 aliphatic carbocycles. The van der Waals surface area contributed by atoms with Crippen LogP contribution in [0, 0.1) is 13.8 Å². The fraction of sp³-hybridized carbons (Fsp3) is 0.143. The van der Waals surface area contributed by atoms with Gasteiger partial charge in [-0.05, 0) is 78.3 Å². The van der Waals surface area contributed by atoms with Gasteiger partial charge in [-0.3, -0.25) is 4.79 Å². The van der Waals surface area contributed by atoms with Crippen molar-refractivity contribution >= 4 is 59.9 Å². The molecule has 0 radical (unpaired) electrons. The lowest BCUT2D eigenvalue weighted by Crippen LogP contribution is -2.24. The number of carbonyl (C=O) groups is 1. The molecule has 0 aliphatic rings. The number of nitrogens with zero attached hydrogens (tertiary/aromatic N) is 2. The second-order valence-corrected chi connectivity index (χ2v) is 8.98. The minimum atomic E-state index is -0.335. The first-order valence-electron chi connectivity index (χ1n) is 8.70. The maximum atomic E-state index is 12.0. The zero-order valence-corrected chi connectivity index (χ0v) is 20.5. The van der Waals surface area contributed by atoms with Crippen molar-refractivity contribution in [3.63, 3.8) is 0 Å². The van der Waals surface area contributed by atoms with E-state index in [0.29, 0.717) is 5.75 Å². The van der Waals surface area contributed by atoms with Crippen LogP contribution >= 0.6 is 47.8 Å². The minimum absolute atomic E-state index is 0.129. The molecule has 29 heavy (non-hydrogen) atoms. The van der Waals surface area contributed by atoms with Gasteiger partial charge in [-0.15, -0.1) is 0 Å². The van der Waals surface area contributed by atoms with E-state index in [1.165, 1.54) is 0 Å². The summed E-state index contributed by atoms with van der Waals surface area (Å²) < 4.78 is 10.4. The zero-order valence-electron chi connectivity index (χ0n) is 15.7. The van der Waals surface area contributed by atoms with Gasteiger partial charge in [0.15, 0.2) is 6.61 Å². The molecule has 0 saturated carbocycles. The Morgan fingerprint density at radius 2 is 1.76 bits per heavy atom. The van der Waals surface area contributed by atoms with E-state index in [1.807, 2.05) is 56.3 Å². The number of benzene rings is 2. The standard InChI is InChI=1S/C21H18Br3N3O2/c1-13-9-15(14(2)27(13)18-6-3-16(22)4-7-18)11-25-26-21(28)12-29-20-8-5-17(23)10-19(20)24/h3-11H,12H2,1-2H3,(H,26,28)/b25-11+. The summed E-state index contributed by atoms with van der Waals surface area (Å²) in [5.41, 5.74) is 6.63. The maximum absolute atomic E-state index is 12.0. The van der Waals surface area contributed by atoms with Crippen LogP contribution in [0.5, 0.6) is 5.75 Å². The second kappa shape index (κ2) is 9.73. The third kappa shape index (κ3) is 5.58. The first-order chi connectivity index (χ1) is 13.8. The first kappa shape index (κ1) is 21.8. The van der Waals surface area contributed by atoms with Gasteiger partial charge in [0.05, 0.1) is 10.7 Å². The van der Waals surface area contributed by atoms with Gasteiger partial charge in [-0.1, -0.05) is 31.9 Å². The van der Waals surface area contributed by atoms with Crippen LogP contribution in [0.25, 0.3) is 5.69 Å². The number of ether oxygens (including phenoxy) is 1. The highest BCUT2D eigenvalue weighted by molar-refractivity contribution is 9.11. The maximum Gasteiger partial charge on any atom is 0.277 e. The summed E-state index contributed by atoms with van der Waals surface area (Å²) in [5, 5.41) is 4.07. The van der Waals surface area contributed by atoms with E-state index in [2.05, 4.69) is 62.9 Å². The normalized spacial score (nSPS) is 11.1. The highest BCUT2D eigenvalue weighted by Crippen LogP contribution is 2.28. The molecule has 8 heteroatoms. The number of carbonyl (C=O) groups excluding carboxylic acids is 1. The van der Waals surface area contributed by atoms with Crippen molar-refractivity contribution in [2.24, 2.45) is 5.10 Å². The smallest absolute Gasteiger partial charge is 0.277 e. The number of aromatic nitrogens is 1. The number of aryl methyl sites for hydroxylation is 1. The van der Waals surface area contributed by atoms with E-state index in [1.54, 1.807) is 12.3 Å². The van der Waals surface area contributed by atoms with Gasteiger partial charge in [-0.2, -0.15) is 5.10 Å². The van der Waals surface area contributed by atoms with Crippen LogP contribution in [-0.4, -0.2) is 23.3 Å². The third-order valence-electron chi connectivity index (χ3n) is 4.20. The summed E-state index contributed by atoms with van der Waals surface area (Å²) in [5.74, 6) is 0.253. The Bertz CT molecular complexity index is 1060. The summed E-state index contributed by atoms with van der Waals surface area (Å²) in [6.07, 6.45) is 1.64. The Balaban J connectivity index is 1.62. The molecule has 1 N–H and O–H groups in total. The Kier molecular flexibility index (Phi) is 7.32. The van der Waals surface area contributed by atoms with Crippen molar-refractivity contribution in [3.8, 4) is 11.4 Å². The average Bonchev–Trinajstić information content (AvgIpc) is 2.95. The summed E-state index contributed by atoms with van der Waals surface area (Å²) in [6.45, 7) is 3.93. The monoisotopic (exact) mass is 581 g/mol. The van der Waals surface area contributed by atoms with Gasteiger partial charge in [0.2, 0.25) is 0 Å². The van der Waals surface area contributed by atoms with E-state index in [-0.39, 0.29) is 12.5 Å². The molecule has 1 heterocycles. The molecule has 0 fully saturated rings. The molecule has 0 bridgehead atoms. The molecule has 1 aromatic heterocycles. The van der Waals surface area contributed by atoms with Gasteiger partial charge in [0.25, 0.3) is 5.91 Å². The highest BCUT2D eigenvalue weighted by atomic mass is 79.9. The predicted octanol–water partition coefficient (Wildman–Crippen LogP) is 5.91. The number of hydrazone groups is 1. The lowest BCUT2D eigenvalue weighted by molar-refractivity contribution is -0.123. The quantitative estimate of drug-likeness (QED) is 0.290. The van der Waals surface area contributed by atoms with Gasteiger partial charge in [0.1, 0.15) is 5.75 Å². The molecule has 0 aliphatic heterocycles. The molecule has 3 rings (SSSR count). The number of amides is 1. The van der Waals surface area contributed by atoms with E-state index in [0.717, 1.165) is 36.1 Å². The molecular formula is C21H18Br3N3O2. The van der Waals surface area contributed by atoms with Crippen molar-refractivity contribution in [2.75, 3.05) is 6.61 Å². The van der Waals surface area contributed by atoms with Crippen molar-refractivity contribution in [1.82, 2.24) is 9.99 Å². The van der Waals surface area contributed by atoms with Crippen LogP contribution in [-0.2, 0) is 4.79 Å². The summed E-state index contributed by atoms with van der Waals surface area (Å²) in [7, 11) is 0. The lowest BCUT2D eigenvalue weighted by atomic mass is 10.2. The third-order valence-corrected chi connectivity index (χ3v) is 5.84. The number of hydrogen-bond acceptors (Lipinski definition) is 3. The molecule has 3 aromatic rings. The molecule has 5 nitrogen and oxygen atoms in total. The minimum Gasteiger partial charge on any atom is -0.483 e. The van der Waals surface area contributed by atoms with Crippen LogP contribution in [0.3, 0.4) is 0 Å². The predicted molar refractivity (Wildman–Crippen MR) is 126 cm³/mol. The zero-order chi connectivity index (χ0) is 21.0. The second-order valence-electron chi connectivity index (χ2n) is 6.29. The largest absolute Gasteiger partial charge is 0.483 e. The summed E-state index contributed by atoms with van der Waals surface area (Å²) >= 11 is 10.2. The van der Waals surface area contributed by atoms with Gasteiger partial charge in [-0.25, -0.2) is 5.43 Å². The average molecular weight is 584 g/mol. The molecular weight excluding hydrogens is 566 g/mol. The van der Waals surface area contributed by atoms with E-state index in [9.17, 15) is 4.79 Å². The number of hydrogen-bond donors (Lipinski definition) is 1. The van der Waals surface area contributed by atoms with Crippen molar-refractivity contribution < 1.29 is 9.53 Å². The Morgan fingerprint density at radius 1 is 1.07 bits per heavy atom. The van der Waals surface area contributed by atoms with Crippen molar-refractivity contribution in [1.29, 1.82) is 0 Å². The summed E-state index contributed by atoms with van der Waals surface area (Å²) in [4.78, 5) is 12.0. The molecule has 150 valence electrons. The molecule has 0 spiro atoms. The van der Waals surface area contributed by atoms with Crippen LogP contribution in [0.2, 0.25) is 0 Å². The molecule has 0 saturated heterocycles. The molecule has 0 atom stereocenters. The van der Waals surface area contributed by atoms with E-state index < -0.39 is 0 Å². The van der Waals surface area contributed by atoms with Crippen molar-refractivity contribution in [3.05, 3.63) is 78.9 Å². The van der Waals surface area contributed by atoms with Crippen LogP contribution in [0.4, 0.5) is 0 Å². The molecule has 2 aromatic carbocycles. The van der Waals surface area contributed by atoms with E-state index in [4.69, 9.17) is 4.74 Å². The van der Waals surface area contributed by atoms with Crippen LogP contribution in [0.15, 0.2) is 67.1 Å². The van der Waals surface area contributed by atoms with Gasteiger partial charge in [0, 0.05) is 31.6 Å². The van der Waals surface area contributed by atoms with Crippen molar-refractivity contribution in [2.45, 2.75) is 13.8 Å². The van der Waals surface area contributed by atoms with Crippen LogP contribution in [0.1, 0.15) is 17.0 Å².